The maximum absolute atomic E-state index is 12.6. The van der Waals surface area contributed by atoms with Crippen LogP contribution in [0.5, 0.6) is 0 Å². The summed E-state index contributed by atoms with van der Waals surface area (Å²) in [5.74, 6) is -1.03. The van der Waals surface area contributed by atoms with E-state index in [1.807, 2.05) is 5.32 Å². The standard InChI is InChI=1S/C23H21Cl2N7O4/c1-2-36-23(35)28-22(34)17(11-26)30-29-13-9-15(24)21(16(25)10-13)32-18-7-8-20(33)31(19(18)12-27-32)14-5-3-4-6-14/h7-10,12,14,29H,2-6H2,1H3,(H,28,34,35)/b30-17-. The molecule has 2 N–H and O–H groups in total. The summed E-state index contributed by atoms with van der Waals surface area (Å²) >= 11 is 13.1. The van der Waals surface area contributed by atoms with Crippen molar-refractivity contribution in [1.29, 1.82) is 5.26 Å². The zero-order chi connectivity index (χ0) is 25.8. The summed E-state index contributed by atoms with van der Waals surface area (Å²) < 4.78 is 7.95. The van der Waals surface area contributed by atoms with Crippen LogP contribution in [0.2, 0.25) is 10.0 Å². The van der Waals surface area contributed by atoms with Gasteiger partial charge in [-0.3, -0.25) is 20.3 Å². The molecule has 0 aliphatic heterocycles. The molecule has 2 heterocycles. The smallest absolute Gasteiger partial charge is 0.414 e. The third-order valence-corrected chi connectivity index (χ3v) is 6.27. The van der Waals surface area contributed by atoms with Crippen LogP contribution in [0.4, 0.5) is 10.5 Å². The number of amides is 2. The van der Waals surface area contributed by atoms with Gasteiger partial charge in [0.1, 0.15) is 11.8 Å². The molecule has 0 bridgehead atoms. The van der Waals surface area contributed by atoms with Crippen molar-refractivity contribution >= 4 is 57.6 Å². The lowest BCUT2D eigenvalue weighted by atomic mass is 10.2. The zero-order valence-electron chi connectivity index (χ0n) is 19.1. The van der Waals surface area contributed by atoms with E-state index in [4.69, 9.17) is 23.2 Å². The van der Waals surface area contributed by atoms with Gasteiger partial charge in [0.05, 0.1) is 39.6 Å². The number of nitriles is 1. The molecule has 1 aromatic carbocycles. The van der Waals surface area contributed by atoms with E-state index in [1.165, 1.54) is 18.2 Å². The van der Waals surface area contributed by atoms with Gasteiger partial charge in [-0.2, -0.15) is 15.5 Å². The predicted molar refractivity (Wildman–Crippen MR) is 135 cm³/mol. The Labute approximate surface area is 215 Å². The SMILES string of the molecule is CCOC(=O)NC(=O)/C(C#N)=N\Nc1cc(Cl)c(-n2ncc3c2ccc(=O)n3C2CCCC2)c(Cl)c1. The average molecular weight is 530 g/mol. The number of anilines is 1. The number of imide groups is 1. The molecule has 4 rings (SSSR count). The number of benzene rings is 1. The minimum atomic E-state index is -1.03. The van der Waals surface area contributed by atoms with Gasteiger partial charge in [0.15, 0.2) is 0 Å². The first kappa shape index (κ1) is 25.2. The van der Waals surface area contributed by atoms with Gasteiger partial charge in [-0.1, -0.05) is 36.0 Å². The number of nitrogens with zero attached hydrogens (tertiary/aromatic N) is 5. The Morgan fingerprint density at radius 2 is 1.92 bits per heavy atom. The van der Waals surface area contributed by atoms with Crippen LogP contribution in [-0.2, 0) is 9.53 Å². The van der Waals surface area contributed by atoms with Gasteiger partial charge in [0, 0.05) is 12.1 Å². The highest BCUT2D eigenvalue weighted by molar-refractivity contribution is 6.47. The molecule has 0 radical (unpaired) electrons. The largest absolute Gasteiger partial charge is 0.450 e. The molecule has 11 nitrogen and oxygen atoms in total. The van der Waals surface area contributed by atoms with Gasteiger partial charge < -0.3 is 9.30 Å². The third kappa shape index (κ3) is 5.05. The molecule has 0 spiro atoms. The van der Waals surface area contributed by atoms with Crippen LogP contribution < -0.4 is 16.3 Å². The lowest BCUT2D eigenvalue weighted by molar-refractivity contribution is -0.114. The zero-order valence-corrected chi connectivity index (χ0v) is 20.6. The van der Waals surface area contributed by atoms with Gasteiger partial charge >= 0.3 is 6.09 Å². The highest BCUT2D eigenvalue weighted by Crippen LogP contribution is 2.35. The molecular weight excluding hydrogens is 509 g/mol. The highest BCUT2D eigenvalue weighted by Gasteiger charge is 2.22. The number of rotatable bonds is 6. The van der Waals surface area contributed by atoms with Crippen molar-refractivity contribution < 1.29 is 14.3 Å². The summed E-state index contributed by atoms with van der Waals surface area (Å²) in [5, 5.41) is 19.7. The van der Waals surface area contributed by atoms with Gasteiger partial charge in [-0.05, 0) is 38.0 Å². The lowest BCUT2D eigenvalue weighted by Gasteiger charge is -2.15. The van der Waals surface area contributed by atoms with E-state index < -0.39 is 17.7 Å². The van der Waals surface area contributed by atoms with Gasteiger partial charge in [-0.15, -0.1) is 0 Å². The number of hydrogen-bond donors (Lipinski definition) is 2. The second-order valence-corrected chi connectivity index (χ2v) is 8.77. The van der Waals surface area contributed by atoms with Crippen molar-refractivity contribution in [3.8, 4) is 11.8 Å². The molecule has 13 heteroatoms. The average Bonchev–Trinajstić information content (AvgIpc) is 3.50. The summed E-state index contributed by atoms with van der Waals surface area (Å²) in [4.78, 5) is 36.0. The first-order valence-electron chi connectivity index (χ1n) is 11.1. The van der Waals surface area contributed by atoms with E-state index in [1.54, 1.807) is 34.5 Å². The van der Waals surface area contributed by atoms with Gasteiger partial charge in [0.25, 0.3) is 11.5 Å². The first-order valence-corrected chi connectivity index (χ1v) is 11.9. The number of pyridine rings is 1. The number of carbonyl (C=O) groups excluding carboxylic acids is 2. The molecule has 1 saturated carbocycles. The monoisotopic (exact) mass is 529 g/mol. The summed E-state index contributed by atoms with van der Waals surface area (Å²) in [5.41, 5.74) is 3.88. The van der Waals surface area contributed by atoms with Crippen LogP contribution in [0.25, 0.3) is 16.7 Å². The van der Waals surface area contributed by atoms with E-state index in [-0.39, 0.29) is 33.9 Å². The molecule has 0 saturated heterocycles. The summed E-state index contributed by atoms with van der Waals surface area (Å²) in [7, 11) is 0. The first-order chi connectivity index (χ1) is 17.3. The second-order valence-electron chi connectivity index (χ2n) is 7.95. The Kier molecular flexibility index (Phi) is 7.57. The molecule has 186 valence electrons. The molecule has 1 aliphatic carbocycles. The Balaban J connectivity index is 1.63. The Hall–Kier alpha value is -3.88. The number of carbonyl (C=O) groups is 2. The topological polar surface area (TPSA) is 143 Å². The Morgan fingerprint density at radius 1 is 1.22 bits per heavy atom. The molecule has 1 aliphatic rings. The molecule has 36 heavy (non-hydrogen) atoms. The highest BCUT2D eigenvalue weighted by atomic mass is 35.5. The van der Waals surface area contributed by atoms with Crippen LogP contribution in [0.15, 0.2) is 40.4 Å². The van der Waals surface area contributed by atoms with Crippen molar-refractivity contribution in [3.63, 3.8) is 0 Å². The van der Waals surface area contributed by atoms with Crippen molar-refractivity contribution in [1.82, 2.24) is 19.7 Å². The van der Waals surface area contributed by atoms with Crippen molar-refractivity contribution in [2.24, 2.45) is 5.10 Å². The van der Waals surface area contributed by atoms with Crippen LogP contribution in [0.1, 0.15) is 38.6 Å². The van der Waals surface area contributed by atoms with Gasteiger partial charge in [0.2, 0.25) is 5.71 Å². The predicted octanol–water partition coefficient (Wildman–Crippen LogP) is 4.17. The van der Waals surface area contributed by atoms with Crippen LogP contribution in [0.3, 0.4) is 0 Å². The van der Waals surface area contributed by atoms with E-state index >= 15 is 0 Å². The molecule has 0 unspecified atom stereocenters. The molecular formula is C23H21Cl2N7O4. The van der Waals surface area contributed by atoms with E-state index in [9.17, 15) is 19.6 Å². The lowest BCUT2D eigenvalue weighted by Crippen LogP contribution is -2.36. The number of nitrogens with one attached hydrogen (secondary N) is 2. The molecule has 2 aromatic heterocycles. The summed E-state index contributed by atoms with van der Waals surface area (Å²) in [6.45, 7) is 1.63. The summed E-state index contributed by atoms with van der Waals surface area (Å²) in [6.07, 6.45) is 4.66. The maximum atomic E-state index is 12.6. The quantitative estimate of drug-likeness (QED) is 0.360. The number of aromatic nitrogens is 3. The van der Waals surface area contributed by atoms with Crippen LogP contribution in [-0.4, -0.2) is 38.7 Å². The Morgan fingerprint density at radius 3 is 2.56 bits per heavy atom. The number of ether oxygens (including phenoxy) is 1. The van der Waals surface area contributed by atoms with Gasteiger partial charge in [-0.25, -0.2) is 9.48 Å². The molecule has 2 amide bonds. The normalized spacial score (nSPS) is 14.0. The fraction of sp³-hybridized carbons (Fsp3) is 0.304. The molecule has 1 fully saturated rings. The summed E-state index contributed by atoms with van der Waals surface area (Å²) in [6, 6.07) is 7.90. The number of hydrazone groups is 1. The third-order valence-electron chi connectivity index (χ3n) is 5.69. The number of alkyl carbamates (subject to hydrolysis) is 1. The fourth-order valence-corrected chi connectivity index (χ4v) is 4.80. The number of hydrogen-bond acceptors (Lipinski definition) is 8. The maximum Gasteiger partial charge on any atom is 0.414 e. The van der Waals surface area contributed by atoms with E-state index in [0.717, 1.165) is 25.7 Å². The van der Waals surface area contributed by atoms with E-state index in [2.05, 4.69) is 20.4 Å². The van der Waals surface area contributed by atoms with Crippen LogP contribution in [0, 0.1) is 11.3 Å². The minimum absolute atomic E-state index is 0.0594. The number of halogens is 2. The van der Waals surface area contributed by atoms with Crippen molar-refractivity contribution in [3.05, 3.63) is 50.9 Å². The van der Waals surface area contributed by atoms with E-state index in [0.29, 0.717) is 16.7 Å². The van der Waals surface area contributed by atoms with Crippen molar-refractivity contribution in [2.75, 3.05) is 12.0 Å². The van der Waals surface area contributed by atoms with Crippen LogP contribution >= 0.6 is 23.2 Å². The molecule has 3 aromatic rings. The Bertz CT molecular complexity index is 1440. The molecule has 0 atom stereocenters. The fourth-order valence-electron chi connectivity index (χ4n) is 4.16. The minimum Gasteiger partial charge on any atom is -0.450 e. The second kappa shape index (κ2) is 10.8. The van der Waals surface area contributed by atoms with Crippen molar-refractivity contribution in [2.45, 2.75) is 38.6 Å². The number of fused-ring (bicyclic) bond motifs is 1.